The van der Waals surface area contributed by atoms with E-state index in [0.29, 0.717) is 17.9 Å². The molecule has 0 aromatic heterocycles. The van der Waals surface area contributed by atoms with E-state index in [1.807, 2.05) is 20.8 Å². The second-order valence-electron chi connectivity index (χ2n) is 3.90. The largest absolute Gasteiger partial charge is 0.388 e. The number of allylic oxidation sites excluding steroid dienone is 1. The van der Waals surface area contributed by atoms with E-state index in [4.69, 9.17) is 0 Å². The Bertz CT molecular complexity index is 224. The van der Waals surface area contributed by atoms with Crippen LogP contribution in [0.2, 0.25) is 0 Å². The van der Waals surface area contributed by atoms with E-state index >= 15 is 0 Å². The maximum atomic E-state index is 11.4. The predicted octanol–water partition coefficient (Wildman–Crippen LogP) is 1.68. The van der Waals surface area contributed by atoms with Crippen LogP contribution in [0.25, 0.3) is 0 Å². The van der Waals surface area contributed by atoms with Crippen LogP contribution >= 0.6 is 0 Å². The highest BCUT2D eigenvalue weighted by atomic mass is 16.3. The molecular weight excluding hydrogens is 152 g/mol. The van der Waals surface area contributed by atoms with Gasteiger partial charge >= 0.3 is 0 Å². The summed E-state index contributed by atoms with van der Waals surface area (Å²) in [6.45, 7) is 5.77. The third-order valence-electron chi connectivity index (χ3n) is 2.33. The Morgan fingerprint density at radius 1 is 1.50 bits per heavy atom. The molecule has 2 nitrogen and oxygen atoms in total. The summed E-state index contributed by atoms with van der Waals surface area (Å²) in [6.07, 6.45) is 0.801. The highest BCUT2D eigenvalue weighted by Gasteiger charge is 2.28. The second kappa shape index (κ2) is 3.40. The molecule has 1 saturated carbocycles. The summed E-state index contributed by atoms with van der Waals surface area (Å²) >= 11 is 0. The lowest BCUT2D eigenvalue weighted by molar-refractivity contribution is -0.119. The molecule has 1 aliphatic carbocycles. The summed E-state index contributed by atoms with van der Waals surface area (Å²) in [7, 11) is 0. The van der Waals surface area contributed by atoms with Crippen molar-refractivity contribution in [3.8, 4) is 0 Å². The van der Waals surface area contributed by atoms with Crippen molar-refractivity contribution in [2.45, 2.75) is 39.7 Å². The Hall–Kier alpha value is -0.630. The minimum atomic E-state index is -0.522. The first-order chi connectivity index (χ1) is 5.52. The van der Waals surface area contributed by atoms with Crippen molar-refractivity contribution < 1.29 is 9.90 Å². The first kappa shape index (κ1) is 9.46. The van der Waals surface area contributed by atoms with Crippen molar-refractivity contribution in [3.05, 3.63) is 11.1 Å². The van der Waals surface area contributed by atoms with Crippen LogP contribution in [-0.4, -0.2) is 17.0 Å². The van der Waals surface area contributed by atoms with E-state index < -0.39 is 6.10 Å². The Labute approximate surface area is 73.3 Å². The molecule has 0 aromatic rings. The van der Waals surface area contributed by atoms with Crippen molar-refractivity contribution in [1.29, 1.82) is 0 Å². The van der Waals surface area contributed by atoms with Gasteiger partial charge in [0.05, 0.1) is 6.10 Å². The SMILES string of the molecule is CC(C)=C1C(=O)CC(C)CC1O. The van der Waals surface area contributed by atoms with E-state index in [9.17, 15) is 9.90 Å². The van der Waals surface area contributed by atoms with Gasteiger partial charge in [0.1, 0.15) is 0 Å². The van der Waals surface area contributed by atoms with Gasteiger partial charge in [-0.15, -0.1) is 0 Å². The summed E-state index contributed by atoms with van der Waals surface area (Å²) in [5.74, 6) is 0.455. The lowest BCUT2D eigenvalue weighted by Crippen LogP contribution is -2.29. The molecule has 1 aliphatic rings. The summed E-state index contributed by atoms with van der Waals surface area (Å²) in [5.41, 5.74) is 1.60. The van der Waals surface area contributed by atoms with Gasteiger partial charge in [0.15, 0.2) is 5.78 Å². The average Bonchev–Trinajstić information content (AvgIpc) is 1.82. The fourth-order valence-corrected chi connectivity index (χ4v) is 1.81. The summed E-state index contributed by atoms with van der Waals surface area (Å²) in [5, 5.41) is 9.60. The molecule has 0 heterocycles. The molecule has 1 N–H and O–H groups in total. The van der Waals surface area contributed by atoms with E-state index in [1.165, 1.54) is 0 Å². The second-order valence-corrected chi connectivity index (χ2v) is 3.90. The third kappa shape index (κ3) is 1.75. The zero-order valence-corrected chi connectivity index (χ0v) is 7.92. The number of hydrogen-bond donors (Lipinski definition) is 1. The molecule has 0 aromatic carbocycles. The Morgan fingerprint density at radius 2 is 2.08 bits per heavy atom. The van der Waals surface area contributed by atoms with E-state index in [2.05, 4.69) is 0 Å². The monoisotopic (exact) mass is 168 g/mol. The molecule has 12 heavy (non-hydrogen) atoms. The fraction of sp³-hybridized carbons (Fsp3) is 0.700. The van der Waals surface area contributed by atoms with Crippen LogP contribution in [0.4, 0.5) is 0 Å². The fourth-order valence-electron chi connectivity index (χ4n) is 1.81. The van der Waals surface area contributed by atoms with Crippen LogP contribution in [0.15, 0.2) is 11.1 Å². The molecule has 1 rings (SSSR count). The molecule has 1 fully saturated rings. The molecule has 0 bridgehead atoms. The van der Waals surface area contributed by atoms with E-state index in [0.717, 1.165) is 12.0 Å². The standard InChI is InChI=1S/C10H16O2/c1-6(2)10-8(11)4-7(3)5-9(10)12/h7-8,11H,4-5H2,1-3H3. The van der Waals surface area contributed by atoms with Gasteiger partial charge in [-0.3, -0.25) is 4.79 Å². The average molecular weight is 168 g/mol. The highest BCUT2D eigenvalue weighted by Crippen LogP contribution is 2.27. The van der Waals surface area contributed by atoms with E-state index in [-0.39, 0.29) is 5.78 Å². The number of aliphatic hydroxyl groups excluding tert-OH is 1. The molecule has 2 unspecified atom stereocenters. The summed E-state index contributed by atoms with van der Waals surface area (Å²) in [6, 6.07) is 0. The molecule has 2 heteroatoms. The molecule has 0 spiro atoms. The van der Waals surface area contributed by atoms with Gasteiger partial charge < -0.3 is 5.11 Å². The van der Waals surface area contributed by atoms with Crippen LogP contribution in [-0.2, 0) is 4.79 Å². The maximum absolute atomic E-state index is 11.4. The van der Waals surface area contributed by atoms with Gasteiger partial charge in [-0.25, -0.2) is 0 Å². The number of aliphatic hydroxyl groups is 1. The lowest BCUT2D eigenvalue weighted by Gasteiger charge is -2.25. The molecular formula is C10H16O2. The van der Waals surface area contributed by atoms with Crippen LogP contribution in [0.5, 0.6) is 0 Å². The van der Waals surface area contributed by atoms with Gasteiger partial charge in [0, 0.05) is 12.0 Å². The molecule has 0 amide bonds. The molecule has 0 radical (unpaired) electrons. The smallest absolute Gasteiger partial charge is 0.161 e. The minimum absolute atomic E-state index is 0.126. The van der Waals surface area contributed by atoms with Crippen molar-refractivity contribution in [1.82, 2.24) is 0 Å². The number of carbonyl (C=O) groups excluding carboxylic acids is 1. The first-order valence-electron chi connectivity index (χ1n) is 4.41. The minimum Gasteiger partial charge on any atom is -0.388 e. The van der Waals surface area contributed by atoms with Crippen LogP contribution < -0.4 is 0 Å². The van der Waals surface area contributed by atoms with Crippen molar-refractivity contribution in [2.24, 2.45) is 5.92 Å². The molecule has 2 atom stereocenters. The van der Waals surface area contributed by atoms with Gasteiger partial charge in [-0.2, -0.15) is 0 Å². The zero-order chi connectivity index (χ0) is 9.30. The van der Waals surface area contributed by atoms with Gasteiger partial charge in [0.25, 0.3) is 0 Å². The van der Waals surface area contributed by atoms with Gasteiger partial charge in [-0.1, -0.05) is 12.5 Å². The molecule has 0 saturated heterocycles. The molecule has 0 aliphatic heterocycles. The van der Waals surface area contributed by atoms with Crippen molar-refractivity contribution in [3.63, 3.8) is 0 Å². The number of Topliss-reactive ketones (excluding diaryl/α,β-unsaturated/α-hetero) is 1. The molecule has 68 valence electrons. The Balaban J connectivity index is 2.89. The third-order valence-corrected chi connectivity index (χ3v) is 2.33. The number of hydrogen-bond acceptors (Lipinski definition) is 2. The highest BCUT2D eigenvalue weighted by molar-refractivity contribution is 5.97. The Morgan fingerprint density at radius 3 is 2.50 bits per heavy atom. The zero-order valence-electron chi connectivity index (χ0n) is 7.92. The normalized spacial score (nSPS) is 30.7. The van der Waals surface area contributed by atoms with Gasteiger partial charge in [0.2, 0.25) is 0 Å². The van der Waals surface area contributed by atoms with E-state index in [1.54, 1.807) is 0 Å². The summed E-state index contributed by atoms with van der Waals surface area (Å²) < 4.78 is 0. The van der Waals surface area contributed by atoms with Crippen LogP contribution in [0.3, 0.4) is 0 Å². The van der Waals surface area contributed by atoms with Crippen LogP contribution in [0.1, 0.15) is 33.6 Å². The quantitative estimate of drug-likeness (QED) is 0.559. The topological polar surface area (TPSA) is 37.3 Å². The maximum Gasteiger partial charge on any atom is 0.161 e. The van der Waals surface area contributed by atoms with Crippen molar-refractivity contribution >= 4 is 5.78 Å². The lowest BCUT2D eigenvalue weighted by atomic mass is 9.82. The van der Waals surface area contributed by atoms with Crippen LogP contribution in [0, 0.1) is 5.92 Å². The summed E-state index contributed by atoms with van der Waals surface area (Å²) in [4.78, 5) is 11.4. The number of ketones is 1. The Kier molecular flexibility index (Phi) is 2.68. The number of rotatable bonds is 0. The number of carbonyl (C=O) groups is 1. The predicted molar refractivity (Wildman–Crippen MR) is 47.8 cm³/mol. The van der Waals surface area contributed by atoms with Crippen molar-refractivity contribution in [2.75, 3.05) is 0 Å². The first-order valence-corrected chi connectivity index (χ1v) is 4.41. The van der Waals surface area contributed by atoms with Gasteiger partial charge in [-0.05, 0) is 26.2 Å².